The van der Waals surface area contributed by atoms with Crippen molar-refractivity contribution < 1.29 is 0 Å². The van der Waals surface area contributed by atoms with E-state index in [9.17, 15) is 0 Å². The highest BCUT2D eigenvalue weighted by atomic mass is 14.0. The van der Waals surface area contributed by atoms with Gasteiger partial charge in [-0.2, -0.15) is 0 Å². The molecule has 0 heteroatoms. The Kier molecular flexibility index (Phi) is 3.29. The number of allylic oxidation sites excluding steroid dienone is 3. The van der Waals surface area contributed by atoms with Gasteiger partial charge in [0.25, 0.3) is 0 Å². The summed E-state index contributed by atoms with van der Waals surface area (Å²) in [6.45, 7) is 12.3. The Bertz CT molecular complexity index is 127. The van der Waals surface area contributed by atoms with E-state index in [1.807, 2.05) is 6.92 Å². The average Bonchev–Trinajstić information content (AvgIpc) is 1.63. The maximum absolute atomic E-state index is 3.80. The molecule has 0 spiro atoms. The number of hydrogen-bond donors (Lipinski definition) is 0. The smallest absolute Gasteiger partial charge is 0.0260 e. The molecule has 0 amide bonds. The van der Waals surface area contributed by atoms with E-state index in [0.29, 0.717) is 5.92 Å². The third kappa shape index (κ3) is 4.01. The van der Waals surface area contributed by atoms with E-state index in [-0.39, 0.29) is 0 Å². The normalized spacial score (nSPS) is 12.3. The third-order valence-corrected chi connectivity index (χ3v) is 1.38. The summed E-state index contributed by atoms with van der Waals surface area (Å²) in [6.07, 6.45) is 2.13. The van der Waals surface area contributed by atoms with Gasteiger partial charge in [-0.25, -0.2) is 0 Å². The highest BCUT2D eigenvalue weighted by molar-refractivity contribution is 5.18. The summed E-state index contributed by atoms with van der Waals surface area (Å²) in [4.78, 5) is 0. The van der Waals surface area contributed by atoms with Gasteiger partial charge in [0.1, 0.15) is 0 Å². The molecule has 0 unspecified atom stereocenters. The molecule has 0 N–H and O–H groups in total. The highest BCUT2D eigenvalue weighted by Crippen LogP contribution is 2.09. The quantitative estimate of drug-likeness (QED) is 0.496. The van der Waals surface area contributed by atoms with Gasteiger partial charge in [0.2, 0.25) is 0 Å². The van der Waals surface area contributed by atoms with E-state index in [4.69, 9.17) is 0 Å². The zero-order valence-corrected chi connectivity index (χ0v) is 6.86. The van der Waals surface area contributed by atoms with E-state index in [2.05, 4.69) is 33.4 Å². The van der Waals surface area contributed by atoms with Crippen molar-refractivity contribution in [3.05, 3.63) is 23.8 Å². The van der Waals surface area contributed by atoms with Gasteiger partial charge in [0, 0.05) is 0 Å². The first kappa shape index (κ1) is 8.48. The van der Waals surface area contributed by atoms with Crippen molar-refractivity contribution in [1.29, 1.82) is 0 Å². The summed E-state index contributed by atoms with van der Waals surface area (Å²) >= 11 is 0. The van der Waals surface area contributed by atoms with Crippen molar-refractivity contribution in [1.82, 2.24) is 0 Å². The molecule has 0 aliphatic rings. The van der Waals surface area contributed by atoms with Gasteiger partial charge in [-0.15, -0.1) is 0 Å². The summed E-state index contributed by atoms with van der Waals surface area (Å²) in [7, 11) is 0. The van der Waals surface area contributed by atoms with Crippen LogP contribution in [0, 0.1) is 5.92 Å². The van der Waals surface area contributed by atoms with Crippen molar-refractivity contribution >= 4 is 0 Å². The van der Waals surface area contributed by atoms with Gasteiger partial charge in [-0.1, -0.05) is 37.6 Å². The van der Waals surface area contributed by atoms with E-state index >= 15 is 0 Å². The minimum atomic E-state index is 0.654. The van der Waals surface area contributed by atoms with Gasteiger partial charge in [-0.3, -0.25) is 0 Å². The average molecular weight is 124 g/mol. The van der Waals surface area contributed by atoms with Crippen LogP contribution in [-0.4, -0.2) is 0 Å². The van der Waals surface area contributed by atoms with Crippen molar-refractivity contribution in [3.8, 4) is 0 Å². The Morgan fingerprint density at radius 3 is 1.89 bits per heavy atom. The molecule has 0 aromatic carbocycles. The first-order chi connectivity index (χ1) is 4.04. The fourth-order valence-corrected chi connectivity index (χ4v) is 0.555. The molecule has 0 aliphatic heterocycles. The van der Waals surface area contributed by atoms with Crippen molar-refractivity contribution in [2.45, 2.75) is 27.7 Å². The molecule has 0 saturated carbocycles. The SMILES string of the molecule is C=C(C)/C=C(\C)C(C)C. The van der Waals surface area contributed by atoms with Crippen molar-refractivity contribution in [3.63, 3.8) is 0 Å². The zero-order chi connectivity index (χ0) is 7.44. The molecule has 0 aromatic heterocycles. The Labute approximate surface area is 58.3 Å². The summed E-state index contributed by atoms with van der Waals surface area (Å²) in [5.74, 6) is 0.654. The predicted molar refractivity (Wildman–Crippen MR) is 43.4 cm³/mol. The van der Waals surface area contributed by atoms with Crippen molar-refractivity contribution in [2.75, 3.05) is 0 Å². The fraction of sp³-hybridized carbons (Fsp3) is 0.556. The molecule has 0 atom stereocenters. The molecular formula is C9H16. The summed E-state index contributed by atoms with van der Waals surface area (Å²) in [5.41, 5.74) is 2.55. The monoisotopic (exact) mass is 124 g/mol. The Morgan fingerprint density at radius 1 is 1.33 bits per heavy atom. The molecular weight excluding hydrogens is 108 g/mol. The van der Waals surface area contributed by atoms with Crippen LogP contribution < -0.4 is 0 Å². The Balaban J connectivity index is 4.00. The Morgan fingerprint density at radius 2 is 1.78 bits per heavy atom. The van der Waals surface area contributed by atoms with Crippen LogP contribution in [0.2, 0.25) is 0 Å². The van der Waals surface area contributed by atoms with Crippen LogP contribution in [0.5, 0.6) is 0 Å². The first-order valence-electron chi connectivity index (χ1n) is 3.37. The van der Waals surface area contributed by atoms with Gasteiger partial charge in [0.05, 0.1) is 0 Å². The van der Waals surface area contributed by atoms with Gasteiger partial charge >= 0.3 is 0 Å². The van der Waals surface area contributed by atoms with Crippen LogP contribution in [0.4, 0.5) is 0 Å². The lowest BCUT2D eigenvalue weighted by Crippen LogP contribution is -1.87. The maximum Gasteiger partial charge on any atom is -0.0260 e. The van der Waals surface area contributed by atoms with E-state index in [1.165, 1.54) is 5.57 Å². The molecule has 52 valence electrons. The second kappa shape index (κ2) is 3.49. The maximum atomic E-state index is 3.80. The summed E-state index contributed by atoms with van der Waals surface area (Å²) < 4.78 is 0. The molecule has 0 nitrogen and oxygen atoms in total. The second-order valence-electron chi connectivity index (χ2n) is 2.89. The molecule has 9 heavy (non-hydrogen) atoms. The lowest BCUT2D eigenvalue weighted by molar-refractivity contribution is 0.768. The van der Waals surface area contributed by atoms with Gasteiger partial charge in [0.15, 0.2) is 0 Å². The molecule has 0 fully saturated rings. The minimum Gasteiger partial charge on any atom is -0.0961 e. The zero-order valence-electron chi connectivity index (χ0n) is 6.86. The summed E-state index contributed by atoms with van der Waals surface area (Å²) in [5, 5.41) is 0. The van der Waals surface area contributed by atoms with Crippen LogP contribution in [0.1, 0.15) is 27.7 Å². The van der Waals surface area contributed by atoms with E-state index in [1.54, 1.807) is 0 Å². The fourth-order valence-electron chi connectivity index (χ4n) is 0.555. The van der Waals surface area contributed by atoms with Crippen LogP contribution in [0.3, 0.4) is 0 Å². The largest absolute Gasteiger partial charge is 0.0961 e. The molecule has 0 heterocycles. The second-order valence-corrected chi connectivity index (χ2v) is 2.89. The predicted octanol–water partition coefficient (Wildman–Crippen LogP) is 3.16. The lowest BCUT2D eigenvalue weighted by atomic mass is 10.0. The minimum absolute atomic E-state index is 0.654. The van der Waals surface area contributed by atoms with E-state index in [0.717, 1.165) is 5.57 Å². The number of hydrogen-bond acceptors (Lipinski definition) is 0. The first-order valence-corrected chi connectivity index (χ1v) is 3.37. The van der Waals surface area contributed by atoms with E-state index < -0.39 is 0 Å². The van der Waals surface area contributed by atoms with Crippen molar-refractivity contribution in [2.24, 2.45) is 5.92 Å². The van der Waals surface area contributed by atoms with Crippen LogP contribution in [0.25, 0.3) is 0 Å². The molecule has 0 saturated heterocycles. The number of rotatable bonds is 2. The topological polar surface area (TPSA) is 0 Å². The molecule has 0 aliphatic carbocycles. The molecule has 0 bridgehead atoms. The summed E-state index contributed by atoms with van der Waals surface area (Å²) in [6, 6.07) is 0. The van der Waals surface area contributed by atoms with Crippen LogP contribution in [-0.2, 0) is 0 Å². The van der Waals surface area contributed by atoms with Gasteiger partial charge < -0.3 is 0 Å². The lowest BCUT2D eigenvalue weighted by Gasteiger charge is -2.03. The third-order valence-electron chi connectivity index (χ3n) is 1.38. The Hall–Kier alpha value is -0.520. The van der Waals surface area contributed by atoms with Crippen LogP contribution >= 0.6 is 0 Å². The van der Waals surface area contributed by atoms with Gasteiger partial charge in [-0.05, 0) is 19.8 Å². The standard InChI is InChI=1S/C9H16/c1-7(2)6-9(5)8(3)4/h6,8H,1H2,2-5H3/b9-6+. The highest BCUT2D eigenvalue weighted by Gasteiger charge is 1.93. The molecule has 0 radical (unpaired) electrons. The molecule has 0 aromatic rings. The van der Waals surface area contributed by atoms with Crippen LogP contribution in [0.15, 0.2) is 23.8 Å². The molecule has 0 rings (SSSR count).